The molecule has 0 saturated carbocycles. The van der Waals surface area contributed by atoms with Gasteiger partial charge in [0.2, 0.25) is 0 Å². The van der Waals surface area contributed by atoms with Crippen molar-refractivity contribution in [2.45, 2.75) is 18.9 Å². The maximum absolute atomic E-state index is 11.4. The first-order valence-corrected chi connectivity index (χ1v) is 4.57. The van der Waals surface area contributed by atoms with Gasteiger partial charge < -0.3 is 9.64 Å². The predicted octanol–water partition coefficient (Wildman–Crippen LogP) is 1.08. The van der Waals surface area contributed by atoms with E-state index in [1.54, 1.807) is 6.08 Å². The van der Waals surface area contributed by atoms with Gasteiger partial charge in [-0.15, -0.1) is 0 Å². The zero-order valence-electron chi connectivity index (χ0n) is 7.53. The lowest BCUT2D eigenvalue weighted by Crippen LogP contribution is -2.44. The van der Waals surface area contributed by atoms with Crippen LogP contribution in [-0.4, -0.2) is 30.1 Å². The Morgan fingerprint density at radius 3 is 3.23 bits per heavy atom. The zero-order valence-corrected chi connectivity index (χ0v) is 7.53. The van der Waals surface area contributed by atoms with E-state index in [4.69, 9.17) is 4.74 Å². The smallest absolute Gasteiger partial charge is 0.354 e. The van der Waals surface area contributed by atoms with Crippen LogP contribution in [0.3, 0.4) is 0 Å². The van der Waals surface area contributed by atoms with E-state index in [1.165, 1.54) is 6.42 Å². The number of hydrogen-bond acceptors (Lipinski definition) is 3. The predicted molar refractivity (Wildman–Crippen MR) is 49.0 cm³/mol. The van der Waals surface area contributed by atoms with Gasteiger partial charge in [-0.25, -0.2) is 4.79 Å². The van der Waals surface area contributed by atoms with Crippen LogP contribution in [-0.2, 0) is 9.53 Å². The third-order valence-corrected chi connectivity index (χ3v) is 2.58. The lowest BCUT2D eigenvalue weighted by atomic mass is 10.0. The quantitative estimate of drug-likeness (QED) is 0.479. The first-order valence-electron chi connectivity index (χ1n) is 4.57. The molecule has 2 aliphatic rings. The average Bonchev–Trinajstić information content (AvgIpc) is 2.37. The van der Waals surface area contributed by atoms with Crippen LogP contribution in [0.1, 0.15) is 12.8 Å². The number of fused-ring (bicyclic) bond motifs is 1. The molecular formula is C10H13NO2. The Balaban J connectivity index is 1.93. The van der Waals surface area contributed by atoms with Crippen molar-refractivity contribution >= 4 is 5.97 Å². The van der Waals surface area contributed by atoms with Gasteiger partial charge in [-0.05, 0) is 12.8 Å². The maximum atomic E-state index is 11.4. The average molecular weight is 179 g/mol. The Labute approximate surface area is 77.7 Å². The largest absolute Gasteiger partial charge is 0.457 e. The fraction of sp³-hybridized carbons (Fsp3) is 0.500. The van der Waals surface area contributed by atoms with Gasteiger partial charge in [-0.3, -0.25) is 0 Å². The van der Waals surface area contributed by atoms with E-state index in [0.29, 0.717) is 12.6 Å². The first-order chi connectivity index (χ1) is 6.33. The molecule has 0 radical (unpaired) electrons. The van der Waals surface area contributed by atoms with Crippen molar-refractivity contribution in [2.24, 2.45) is 0 Å². The second-order valence-electron chi connectivity index (χ2n) is 3.35. The molecule has 1 atom stereocenters. The molecule has 0 aliphatic carbocycles. The summed E-state index contributed by atoms with van der Waals surface area (Å²) in [6.45, 7) is 4.80. The minimum Gasteiger partial charge on any atom is -0.457 e. The first kappa shape index (κ1) is 8.35. The van der Waals surface area contributed by atoms with Crippen molar-refractivity contribution in [1.82, 2.24) is 4.90 Å². The van der Waals surface area contributed by atoms with Crippen LogP contribution in [0.15, 0.2) is 24.4 Å². The van der Waals surface area contributed by atoms with Gasteiger partial charge in [0.1, 0.15) is 12.3 Å². The van der Waals surface area contributed by atoms with Crippen LogP contribution < -0.4 is 0 Å². The van der Waals surface area contributed by atoms with Crippen LogP contribution in [0.25, 0.3) is 0 Å². The van der Waals surface area contributed by atoms with E-state index < -0.39 is 0 Å². The SMILES string of the molecule is C=CCOC(=O)C1=CCC2CCN12. The minimum absolute atomic E-state index is 0.206. The lowest BCUT2D eigenvalue weighted by molar-refractivity contribution is -0.140. The number of rotatable bonds is 3. The molecule has 3 nitrogen and oxygen atoms in total. The third kappa shape index (κ3) is 1.34. The molecule has 13 heavy (non-hydrogen) atoms. The van der Waals surface area contributed by atoms with Gasteiger partial charge in [0.05, 0.1) is 0 Å². The minimum atomic E-state index is -0.206. The molecule has 0 amide bonds. The maximum Gasteiger partial charge on any atom is 0.354 e. The van der Waals surface area contributed by atoms with Crippen molar-refractivity contribution in [2.75, 3.05) is 13.2 Å². The molecule has 0 spiro atoms. The molecule has 0 aromatic rings. The van der Waals surface area contributed by atoms with E-state index in [-0.39, 0.29) is 5.97 Å². The molecule has 3 heteroatoms. The van der Waals surface area contributed by atoms with Gasteiger partial charge in [-0.1, -0.05) is 18.7 Å². The highest BCUT2D eigenvalue weighted by atomic mass is 16.5. The molecule has 2 aliphatic heterocycles. The molecule has 0 N–H and O–H groups in total. The molecule has 70 valence electrons. The fourth-order valence-electron chi connectivity index (χ4n) is 1.78. The molecule has 0 aromatic heterocycles. The topological polar surface area (TPSA) is 29.5 Å². The Morgan fingerprint density at radius 1 is 1.85 bits per heavy atom. The van der Waals surface area contributed by atoms with Crippen LogP contribution in [0, 0.1) is 0 Å². The van der Waals surface area contributed by atoms with Gasteiger partial charge in [0.15, 0.2) is 0 Å². The highest BCUT2D eigenvalue weighted by molar-refractivity contribution is 5.88. The zero-order chi connectivity index (χ0) is 9.26. The summed E-state index contributed by atoms with van der Waals surface area (Å²) in [5.74, 6) is -0.206. The van der Waals surface area contributed by atoms with E-state index in [0.717, 1.165) is 18.7 Å². The van der Waals surface area contributed by atoms with E-state index in [9.17, 15) is 4.79 Å². The molecule has 1 fully saturated rings. The highest BCUT2D eigenvalue weighted by Crippen LogP contribution is 2.32. The van der Waals surface area contributed by atoms with E-state index in [1.807, 2.05) is 6.08 Å². The van der Waals surface area contributed by atoms with Gasteiger partial charge in [0, 0.05) is 12.6 Å². The van der Waals surface area contributed by atoms with Crippen molar-refractivity contribution in [3.63, 3.8) is 0 Å². The summed E-state index contributed by atoms with van der Waals surface area (Å²) >= 11 is 0. The summed E-state index contributed by atoms with van der Waals surface area (Å²) in [5.41, 5.74) is 0.748. The summed E-state index contributed by atoms with van der Waals surface area (Å²) in [4.78, 5) is 13.5. The van der Waals surface area contributed by atoms with Gasteiger partial charge in [0.25, 0.3) is 0 Å². The Bertz CT molecular complexity index is 270. The molecule has 1 unspecified atom stereocenters. The standard InChI is InChI=1S/C10H13NO2/c1-2-7-13-10(12)9-4-3-8-5-6-11(8)9/h2,4,8H,1,3,5-7H2. The summed E-state index contributed by atoms with van der Waals surface area (Å²) in [6.07, 6.45) is 5.76. The van der Waals surface area contributed by atoms with Crippen molar-refractivity contribution < 1.29 is 9.53 Å². The number of nitrogens with zero attached hydrogens (tertiary/aromatic N) is 1. The number of esters is 1. The summed E-state index contributed by atoms with van der Waals surface area (Å²) < 4.78 is 4.96. The highest BCUT2D eigenvalue weighted by Gasteiger charge is 2.36. The Morgan fingerprint density at radius 2 is 2.69 bits per heavy atom. The van der Waals surface area contributed by atoms with Crippen LogP contribution >= 0.6 is 0 Å². The Kier molecular flexibility index (Phi) is 2.08. The second kappa shape index (κ2) is 3.24. The molecule has 1 saturated heterocycles. The van der Waals surface area contributed by atoms with Crippen LogP contribution in [0.4, 0.5) is 0 Å². The number of hydrogen-bond donors (Lipinski definition) is 0. The lowest BCUT2D eigenvalue weighted by Gasteiger charge is -2.38. The molecule has 0 bridgehead atoms. The van der Waals surface area contributed by atoms with E-state index in [2.05, 4.69) is 11.5 Å². The Hall–Kier alpha value is -1.25. The molecule has 2 heterocycles. The van der Waals surface area contributed by atoms with E-state index >= 15 is 0 Å². The summed E-state index contributed by atoms with van der Waals surface area (Å²) in [6, 6.07) is 0.575. The van der Waals surface area contributed by atoms with Gasteiger partial charge in [-0.2, -0.15) is 0 Å². The fourth-order valence-corrected chi connectivity index (χ4v) is 1.78. The third-order valence-electron chi connectivity index (χ3n) is 2.58. The monoisotopic (exact) mass is 179 g/mol. The van der Waals surface area contributed by atoms with Crippen LogP contribution in [0.2, 0.25) is 0 Å². The normalized spacial score (nSPS) is 24.5. The second-order valence-corrected chi connectivity index (χ2v) is 3.35. The van der Waals surface area contributed by atoms with Gasteiger partial charge >= 0.3 is 5.97 Å². The van der Waals surface area contributed by atoms with Crippen molar-refractivity contribution in [3.8, 4) is 0 Å². The molecule has 2 rings (SSSR count). The summed E-state index contributed by atoms with van der Waals surface area (Å²) in [7, 11) is 0. The summed E-state index contributed by atoms with van der Waals surface area (Å²) in [5, 5.41) is 0. The number of carbonyl (C=O) groups is 1. The number of ether oxygens (including phenoxy) is 1. The molecular weight excluding hydrogens is 166 g/mol. The van der Waals surface area contributed by atoms with Crippen molar-refractivity contribution in [1.29, 1.82) is 0 Å². The van der Waals surface area contributed by atoms with Crippen molar-refractivity contribution in [3.05, 3.63) is 24.4 Å². The van der Waals surface area contributed by atoms with Crippen LogP contribution in [0.5, 0.6) is 0 Å². The molecule has 0 aromatic carbocycles. The number of carbonyl (C=O) groups excluding carboxylic acids is 1.